The van der Waals surface area contributed by atoms with Crippen molar-refractivity contribution in [2.75, 3.05) is 13.2 Å². The molecule has 1 aromatic carbocycles. The summed E-state index contributed by atoms with van der Waals surface area (Å²) < 4.78 is 56.5. The van der Waals surface area contributed by atoms with E-state index in [9.17, 15) is 13.6 Å². The highest BCUT2D eigenvalue weighted by atomic mass is 19.1. The summed E-state index contributed by atoms with van der Waals surface area (Å²) >= 11 is 0. The molecule has 3 heterocycles. The second kappa shape index (κ2) is 7.80. The molecule has 1 aromatic rings. The Morgan fingerprint density at radius 2 is 1.97 bits per heavy atom. The summed E-state index contributed by atoms with van der Waals surface area (Å²) in [6, 6.07) is 1.61. The molecule has 11 heteroatoms. The topological polar surface area (TPSA) is 111 Å². The molecule has 3 saturated heterocycles. The van der Waals surface area contributed by atoms with E-state index < -0.39 is 53.5 Å². The van der Waals surface area contributed by atoms with E-state index in [0.717, 1.165) is 12.1 Å². The van der Waals surface area contributed by atoms with Gasteiger partial charge in [0.2, 0.25) is 5.79 Å². The number of carbonyl (C=O) groups excluding carboxylic acids is 1. The predicted molar refractivity (Wildman–Crippen MR) is 95.3 cm³/mol. The van der Waals surface area contributed by atoms with Crippen molar-refractivity contribution in [2.24, 2.45) is 5.22 Å². The lowest BCUT2D eigenvalue weighted by Gasteiger charge is -2.53. The number of ether oxygens (including phenoxy) is 5. The Morgan fingerprint density at radius 1 is 1.23 bits per heavy atom. The van der Waals surface area contributed by atoms with Crippen molar-refractivity contribution in [3.8, 4) is 0 Å². The fourth-order valence-electron chi connectivity index (χ4n) is 4.18. The monoisotopic (exact) mass is 427 g/mol. The first kappa shape index (κ1) is 21.0. The Labute approximate surface area is 171 Å². The summed E-state index contributed by atoms with van der Waals surface area (Å²) in [7, 11) is 0. The van der Waals surface area contributed by atoms with Gasteiger partial charge in [-0.2, -0.15) is 5.53 Å². The van der Waals surface area contributed by atoms with Crippen molar-refractivity contribution in [3.63, 3.8) is 0 Å². The Bertz CT molecular complexity index is 812. The number of fused-ring (bicyclic) bond motifs is 1. The van der Waals surface area contributed by atoms with Crippen LogP contribution in [0, 0.1) is 17.2 Å². The van der Waals surface area contributed by atoms with Crippen molar-refractivity contribution in [3.05, 3.63) is 35.4 Å². The molecule has 3 fully saturated rings. The molecule has 1 spiro atoms. The second-order valence-corrected chi connectivity index (χ2v) is 7.96. The van der Waals surface area contributed by atoms with Gasteiger partial charge >= 0.3 is 5.97 Å². The largest absolute Gasteiger partial charge is 0.451 e. The van der Waals surface area contributed by atoms with Gasteiger partial charge in [0, 0.05) is 12.5 Å². The quantitative estimate of drug-likeness (QED) is 0.431. The molecule has 0 aliphatic carbocycles. The van der Waals surface area contributed by atoms with Crippen LogP contribution in [0.3, 0.4) is 0 Å². The molecule has 3 aliphatic rings. The minimum atomic E-state index is -1.32. The number of halogens is 2. The summed E-state index contributed by atoms with van der Waals surface area (Å²) in [5, 5.41) is 3.27. The summed E-state index contributed by atoms with van der Waals surface area (Å²) in [4.78, 5) is 12.8. The molecule has 9 nitrogen and oxygen atoms in total. The van der Waals surface area contributed by atoms with Gasteiger partial charge in [0.25, 0.3) is 0 Å². The van der Waals surface area contributed by atoms with Crippen LogP contribution in [0.25, 0.3) is 0 Å². The number of hydrogen-bond acceptors (Lipinski definition) is 8. The molecule has 0 bridgehead atoms. The minimum Gasteiger partial charge on any atom is -0.451 e. The van der Waals surface area contributed by atoms with Crippen molar-refractivity contribution in [2.45, 2.75) is 62.6 Å². The normalized spacial score (nSPS) is 34.9. The zero-order chi connectivity index (χ0) is 21.5. The zero-order valence-electron chi connectivity index (χ0n) is 16.5. The van der Waals surface area contributed by atoms with Crippen LogP contribution in [0.15, 0.2) is 23.4 Å². The van der Waals surface area contributed by atoms with Gasteiger partial charge in [0.15, 0.2) is 11.9 Å². The maximum atomic E-state index is 13.6. The molecule has 30 heavy (non-hydrogen) atoms. The third-order valence-corrected chi connectivity index (χ3v) is 5.41. The molecule has 0 radical (unpaired) electrons. The molecule has 3 aliphatic heterocycles. The average molecular weight is 427 g/mol. The number of nitrogens with one attached hydrogen (secondary N) is 2. The van der Waals surface area contributed by atoms with Crippen LogP contribution in [0.4, 0.5) is 8.78 Å². The van der Waals surface area contributed by atoms with Crippen LogP contribution in [-0.2, 0) is 23.7 Å². The number of carbonyl (C=O) groups is 1. The molecule has 0 aromatic heterocycles. The lowest BCUT2D eigenvalue weighted by Crippen LogP contribution is -2.72. The van der Waals surface area contributed by atoms with Gasteiger partial charge in [0.05, 0.1) is 18.8 Å². The van der Waals surface area contributed by atoms with Crippen molar-refractivity contribution < 1.29 is 37.3 Å². The van der Waals surface area contributed by atoms with E-state index in [-0.39, 0.29) is 12.2 Å². The predicted octanol–water partition coefficient (Wildman–Crippen LogP) is 2.45. The molecule has 4 rings (SSSR count). The Balaban J connectivity index is 1.67. The summed E-state index contributed by atoms with van der Waals surface area (Å²) in [5.74, 6) is -5.02. The Morgan fingerprint density at radius 3 is 2.60 bits per heavy atom. The standard InChI is InChI=1S/C19H23F2N3O6/c1-18(2)27-9-13-15(30-18)14(23-24-22)16(19(29-13)4-3-5-26-19)28-17(25)10-6-11(20)8-12(21)7-10/h6-8,13-16H,3-5,9H2,1-2H3,(H2,22,23)/t13-,14+,15+,16-,19+/m1/s1. The number of esters is 1. The fraction of sp³-hybridized carbons (Fsp3) is 0.632. The van der Waals surface area contributed by atoms with Gasteiger partial charge in [-0.15, -0.1) is 0 Å². The molecule has 164 valence electrons. The highest BCUT2D eigenvalue weighted by molar-refractivity contribution is 5.89. The van der Waals surface area contributed by atoms with Gasteiger partial charge in [-0.05, 0) is 32.4 Å². The van der Waals surface area contributed by atoms with E-state index in [4.69, 9.17) is 29.2 Å². The highest BCUT2D eigenvalue weighted by Gasteiger charge is 2.61. The van der Waals surface area contributed by atoms with Gasteiger partial charge in [0.1, 0.15) is 29.9 Å². The van der Waals surface area contributed by atoms with Gasteiger partial charge in [-0.3, -0.25) is 5.43 Å². The van der Waals surface area contributed by atoms with Crippen LogP contribution >= 0.6 is 0 Å². The van der Waals surface area contributed by atoms with Gasteiger partial charge in [-0.25, -0.2) is 13.6 Å². The highest BCUT2D eigenvalue weighted by Crippen LogP contribution is 2.43. The maximum Gasteiger partial charge on any atom is 0.338 e. The lowest BCUT2D eigenvalue weighted by molar-refractivity contribution is -0.393. The first-order valence-electron chi connectivity index (χ1n) is 9.66. The average Bonchev–Trinajstić information content (AvgIpc) is 3.13. The molecule has 0 unspecified atom stereocenters. The Kier molecular flexibility index (Phi) is 5.47. The molecule has 0 amide bonds. The first-order chi connectivity index (χ1) is 14.2. The number of rotatable bonds is 4. The van der Waals surface area contributed by atoms with Crippen LogP contribution in [0.1, 0.15) is 37.0 Å². The second-order valence-electron chi connectivity index (χ2n) is 7.96. The van der Waals surface area contributed by atoms with Crippen LogP contribution in [0.5, 0.6) is 0 Å². The molecule has 2 N–H and O–H groups in total. The van der Waals surface area contributed by atoms with Gasteiger partial charge < -0.3 is 23.7 Å². The van der Waals surface area contributed by atoms with E-state index in [1.165, 1.54) is 0 Å². The summed E-state index contributed by atoms with van der Waals surface area (Å²) in [6.07, 6.45) is -1.27. The minimum absolute atomic E-state index is 0.203. The molecule has 5 atom stereocenters. The van der Waals surface area contributed by atoms with Crippen molar-refractivity contribution in [1.82, 2.24) is 5.43 Å². The smallest absolute Gasteiger partial charge is 0.338 e. The lowest BCUT2D eigenvalue weighted by atomic mass is 9.88. The van der Waals surface area contributed by atoms with Crippen LogP contribution < -0.4 is 5.43 Å². The fourth-order valence-corrected chi connectivity index (χ4v) is 4.18. The van der Waals surface area contributed by atoms with E-state index in [1.807, 2.05) is 0 Å². The van der Waals surface area contributed by atoms with Crippen molar-refractivity contribution >= 4 is 5.97 Å². The number of benzene rings is 1. The molecular weight excluding hydrogens is 404 g/mol. The van der Waals surface area contributed by atoms with Crippen LogP contribution in [0.2, 0.25) is 0 Å². The maximum absolute atomic E-state index is 13.6. The third-order valence-electron chi connectivity index (χ3n) is 5.41. The van der Waals surface area contributed by atoms with Gasteiger partial charge in [-0.1, -0.05) is 5.22 Å². The first-order valence-corrected chi connectivity index (χ1v) is 9.66. The van der Waals surface area contributed by atoms with E-state index in [2.05, 4.69) is 10.6 Å². The van der Waals surface area contributed by atoms with Crippen LogP contribution in [-0.4, -0.2) is 55.1 Å². The zero-order valence-corrected chi connectivity index (χ0v) is 16.5. The number of hydrogen-bond donors (Lipinski definition) is 2. The molecular formula is C19H23F2N3O6. The van der Waals surface area contributed by atoms with Crippen molar-refractivity contribution in [1.29, 1.82) is 5.53 Å². The van der Waals surface area contributed by atoms with E-state index in [1.54, 1.807) is 13.8 Å². The molecule has 0 saturated carbocycles. The number of nitrogens with zero attached hydrogens (tertiary/aromatic N) is 1. The third kappa shape index (κ3) is 3.89. The SMILES string of the molecule is CC1(C)OC[C@H]2O[C@@]3(CCCO3)[C@H](OC(=O)c3cc(F)cc(F)c3)[C@@H](NN=N)[C@H]2O1. The summed E-state index contributed by atoms with van der Waals surface area (Å²) in [5.41, 5.74) is 9.64. The van der Waals surface area contributed by atoms with E-state index >= 15 is 0 Å². The summed E-state index contributed by atoms with van der Waals surface area (Å²) in [6.45, 7) is 4.03. The Hall–Kier alpha value is -2.21. The van der Waals surface area contributed by atoms with E-state index in [0.29, 0.717) is 25.5 Å².